The minimum Gasteiger partial charge on any atom is -0.486 e. The van der Waals surface area contributed by atoms with Crippen molar-refractivity contribution in [2.75, 3.05) is 6.61 Å². The molecule has 0 fully saturated rings. The molecule has 5 nitrogen and oxygen atoms in total. The van der Waals surface area contributed by atoms with Crippen LogP contribution in [0.4, 0.5) is 0 Å². The van der Waals surface area contributed by atoms with E-state index in [1.165, 1.54) is 6.33 Å². The van der Waals surface area contributed by atoms with E-state index in [9.17, 15) is 0 Å². The zero-order valence-electron chi connectivity index (χ0n) is 12.5. The van der Waals surface area contributed by atoms with Crippen molar-refractivity contribution in [3.63, 3.8) is 0 Å². The van der Waals surface area contributed by atoms with Gasteiger partial charge in [0.15, 0.2) is 5.82 Å². The van der Waals surface area contributed by atoms with Gasteiger partial charge in [0, 0.05) is 11.6 Å². The first-order valence-electron chi connectivity index (χ1n) is 6.83. The Balaban J connectivity index is 2.07. The van der Waals surface area contributed by atoms with Crippen molar-refractivity contribution in [3.8, 4) is 17.6 Å². The van der Waals surface area contributed by atoms with E-state index in [4.69, 9.17) is 9.84 Å². The lowest BCUT2D eigenvalue weighted by molar-refractivity contribution is 0.282. The first-order valence-corrected chi connectivity index (χ1v) is 6.83. The van der Waals surface area contributed by atoms with E-state index in [-0.39, 0.29) is 12.6 Å². The fourth-order valence-electron chi connectivity index (χ4n) is 1.96. The van der Waals surface area contributed by atoms with Gasteiger partial charge in [0.2, 0.25) is 0 Å². The molecule has 2 aromatic rings. The molecule has 110 valence electrons. The van der Waals surface area contributed by atoms with Gasteiger partial charge >= 0.3 is 0 Å². The number of aromatic nitrogens is 3. The van der Waals surface area contributed by atoms with Gasteiger partial charge in [0.05, 0.1) is 0 Å². The molecule has 0 unspecified atom stereocenters. The van der Waals surface area contributed by atoms with Crippen molar-refractivity contribution in [3.05, 3.63) is 41.5 Å². The van der Waals surface area contributed by atoms with Crippen molar-refractivity contribution in [2.45, 2.75) is 33.4 Å². The number of hydrogen-bond donors (Lipinski definition) is 1. The summed E-state index contributed by atoms with van der Waals surface area (Å²) in [6, 6.07) is 5.94. The molecule has 21 heavy (non-hydrogen) atoms. The standard InChI is InChI=1S/C16H19N3O2/c1-12(2)19-16(17-11-18-19)10-21-15-7-6-14(5-4-8-20)13(3)9-15/h6-7,9,11-12,20H,8,10H2,1-3H3. The normalized spacial score (nSPS) is 10.3. The highest BCUT2D eigenvalue weighted by Gasteiger charge is 2.08. The second-order valence-corrected chi connectivity index (χ2v) is 4.94. The minimum atomic E-state index is -0.136. The van der Waals surface area contributed by atoms with Crippen molar-refractivity contribution in [2.24, 2.45) is 0 Å². The topological polar surface area (TPSA) is 60.2 Å². The predicted octanol–water partition coefficient (Wildman–Crippen LogP) is 2.09. The second-order valence-electron chi connectivity index (χ2n) is 4.94. The van der Waals surface area contributed by atoms with Gasteiger partial charge in [-0.05, 0) is 44.5 Å². The Labute approximate surface area is 124 Å². The summed E-state index contributed by atoms with van der Waals surface area (Å²) in [5.41, 5.74) is 1.90. The fraction of sp³-hybridized carbons (Fsp3) is 0.375. The molecule has 1 aromatic carbocycles. The molecular formula is C16H19N3O2. The number of nitrogens with zero attached hydrogens (tertiary/aromatic N) is 3. The maximum atomic E-state index is 8.72. The molecule has 0 spiro atoms. The lowest BCUT2D eigenvalue weighted by Gasteiger charge is -2.11. The summed E-state index contributed by atoms with van der Waals surface area (Å²) in [6.45, 7) is 6.31. The number of aryl methyl sites for hydroxylation is 1. The summed E-state index contributed by atoms with van der Waals surface area (Å²) in [7, 11) is 0. The maximum Gasteiger partial charge on any atom is 0.165 e. The molecule has 1 N–H and O–H groups in total. The van der Waals surface area contributed by atoms with E-state index < -0.39 is 0 Å². The summed E-state index contributed by atoms with van der Waals surface area (Å²) in [4.78, 5) is 4.21. The van der Waals surface area contributed by atoms with E-state index in [0.717, 1.165) is 22.7 Å². The van der Waals surface area contributed by atoms with E-state index >= 15 is 0 Å². The SMILES string of the molecule is Cc1cc(OCc2ncnn2C(C)C)ccc1C#CCO. The monoisotopic (exact) mass is 285 g/mol. The molecule has 0 aliphatic heterocycles. The fourth-order valence-corrected chi connectivity index (χ4v) is 1.96. The Hall–Kier alpha value is -2.32. The number of aliphatic hydroxyl groups is 1. The van der Waals surface area contributed by atoms with Gasteiger partial charge in [-0.25, -0.2) is 9.67 Å². The van der Waals surface area contributed by atoms with Crippen molar-refractivity contribution < 1.29 is 9.84 Å². The summed E-state index contributed by atoms with van der Waals surface area (Å²) in [6.07, 6.45) is 1.54. The molecule has 0 aliphatic rings. The molecule has 2 rings (SSSR count). The summed E-state index contributed by atoms with van der Waals surface area (Å²) in [5, 5.41) is 12.9. The van der Waals surface area contributed by atoms with Gasteiger partial charge in [0.1, 0.15) is 25.3 Å². The third-order valence-corrected chi connectivity index (χ3v) is 3.00. The van der Waals surface area contributed by atoms with Crippen molar-refractivity contribution in [1.29, 1.82) is 0 Å². The zero-order valence-corrected chi connectivity index (χ0v) is 12.5. The summed E-state index contributed by atoms with van der Waals surface area (Å²) in [5.74, 6) is 7.11. The lowest BCUT2D eigenvalue weighted by Crippen LogP contribution is -2.10. The molecular weight excluding hydrogens is 266 g/mol. The van der Waals surface area contributed by atoms with Crippen LogP contribution in [0.2, 0.25) is 0 Å². The largest absolute Gasteiger partial charge is 0.486 e. The van der Waals surface area contributed by atoms with Crippen LogP contribution in [0.5, 0.6) is 5.75 Å². The quantitative estimate of drug-likeness (QED) is 0.874. The lowest BCUT2D eigenvalue weighted by atomic mass is 10.1. The van der Waals surface area contributed by atoms with Crippen LogP contribution in [0.1, 0.15) is 36.8 Å². The number of rotatable bonds is 4. The van der Waals surface area contributed by atoms with Gasteiger partial charge in [0.25, 0.3) is 0 Å². The Morgan fingerprint density at radius 3 is 2.86 bits per heavy atom. The molecule has 0 saturated carbocycles. The number of aliphatic hydroxyl groups excluding tert-OH is 1. The van der Waals surface area contributed by atoms with Crippen LogP contribution in [-0.4, -0.2) is 26.5 Å². The van der Waals surface area contributed by atoms with E-state index in [1.807, 2.05) is 29.8 Å². The van der Waals surface area contributed by atoms with E-state index in [2.05, 4.69) is 35.8 Å². The Morgan fingerprint density at radius 2 is 2.19 bits per heavy atom. The number of benzene rings is 1. The summed E-state index contributed by atoms with van der Waals surface area (Å²) >= 11 is 0. The number of hydrogen-bond acceptors (Lipinski definition) is 4. The van der Waals surface area contributed by atoms with Gasteiger partial charge in [-0.3, -0.25) is 0 Å². The van der Waals surface area contributed by atoms with Crippen LogP contribution in [0.25, 0.3) is 0 Å². The Morgan fingerprint density at radius 1 is 1.38 bits per heavy atom. The smallest absolute Gasteiger partial charge is 0.165 e. The second kappa shape index (κ2) is 6.91. The van der Waals surface area contributed by atoms with E-state index in [0.29, 0.717) is 6.61 Å². The van der Waals surface area contributed by atoms with Crippen LogP contribution in [-0.2, 0) is 6.61 Å². The van der Waals surface area contributed by atoms with Crippen molar-refractivity contribution >= 4 is 0 Å². The van der Waals surface area contributed by atoms with Gasteiger partial charge in [-0.1, -0.05) is 11.8 Å². The molecule has 0 amide bonds. The molecule has 0 bridgehead atoms. The average Bonchev–Trinajstić information content (AvgIpc) is 2.93. The zero-order chi connectivity index (χ0) is 15.2. The molecule has 1 aromatic heterocycles. The molecule has 0 radical (unpaired) electrons. The highest BCUT2D eigenvalue weighted by Crippen LogP contribution is 2.18. The third kappa shape index (κ3) is 3.83. The van der Waals surface area contributed by atoms with Crippen LogP contribution in [0, 0.1) is 18.8 Å². The molecule has 0 aliphatic carbocycles. The summed E-state index contributed by atoms with van der Waals surface area (Å²) < 4.78 is 7.60. The maximum absolute atomic E-state index is 8.72. The van der Waals surface area contributed by atoms with E-state index in [1.54, 1.807) is 0 Å². The predicted molar refractivity (Wildman–Crippen MR) is 79.9 cm³/mol. The van der Waals surface area contributed by atoms with Crippen molar-refractivity contribution in [1.82, 2.24) is 14.8 Å². The Bertz CT molecular complexity index is 666. The molecule has 0 saturated heterocycles. The van der Waals surface area contributed by atoms with Gasteiger partial charge < -0.3 is 9.84 Å². The van der Waals surface area contributed by atoms with Crippen LogP contribution >= 0.6 is 0 Å². The van der Waals surface area contributed by atoms with Gasteiger partial charge in [-0.2, -0.15) is 5.10 Å². The average molecular weight is 285 g/mol. The highest BCUT2D eigenvalue weighted by molar-refractivity contribution is 5.44. The minimum absolute atomic E-state index is 0.136. The van der Waals surface area contributed by atoms with Crippen LogP contribution in [0.15, 0.2) is 24.5 Å². The first-order chi connectivity index (χ1) is 10.1. The van der Waals surface area contributed by atoms with Crippen LogP contribution in [0.3, 0.4) is 0 Å². The van der Waals surface area contributed by atoms with Gasteiger partial charge in [-0.15, -0.1) is 0 Å². The molecule has 0 atom stereocenters. The highest BCUT2D eigenvalue weighted by atomic mass is 16.5. The third-order valence-electron chi connectivity index (χ3n) is 3.00. The first kappa shape index (κ1) is 15.1. The molecule has 5 heteroatoms. The number of ether oxygens (including phenoxy) is 1. The molecule has 1 heterocycles. The Kier molecular flexibility index (Phi) is 4.96. The van der Waals surface area contributed by atoms with Crippen LogP contribution < -0.4 is 4.74 Å².